The van der Waals surface area contributed by atoms with Gasteiger partial charge in [-0.2, -0.15) is 0 Å². The molecule has 1 fully saturated rings. The molecule has 1 atom stereocenters. The molecule has 2 aromatic rings. The van der Waals surface area contributed by atoms with Gasteiger partial charge in [0.05, 0.1) is 24.1 Å². The van der Waals surface area contributed by atoms with Crippen molar-refractivity contribution in [1.82, 2.24) is 10.2 Å². The first-order valence-electron chi connectivity index (χ1n) is 10.5. The summed E-state index contributed by atoms with van der Waals surface area (Å²) in [5.41, 5.74) is 1.56. The Hall–Kier alpha value is -3.20. The first kappa shape index (κ1) is 22.0. The molecule has 2 aliphatic rings. The summed E-state index contributed by atoms with van der Waals surface area (Å²) in [6, 6.07) is 12.9. The smallest absolute Gasteiger partial charge is 0.234 e. The van der Waals surface area contributed by atoms with E-state index in [0.717, 1.165) is 11.3 Å². The molecule has 8 nitrogen and oxygen atoms in total. The Morgan fingerprint density at radius 2 is 1.97 bits per heavy atom. The summed E-state index contributed by atoms with van der Waals surface area (Å²) in [5.74, 6) is 1.79. The van der Waals surface area contributed by atoms with Crippen LogP contribution in [0.25, 0.3) is 0 Å². The zero-order valence-corrected chi connectivity index (χ0v) is 18.8. The van der Waals surface area contributed by atoms with Crippen molar-refractivity contribution in [3.63, 3.8) is 0 Å². The van der Waals surface area contributed by atoms with Crippen molar-refractivity contribution < 1.29 is 23.8 Å². The van der Waals surface area contributed by atoms with Gasteiger partial charge in [-0.15, -0.1) is 0 Å². The molecule has 0 aromatic heterocycles. The Morgan fingerprint density at radius 3 is 2.72 bits per heavy atom. The van der Waals surface area contributed by atoms with Gasteiger partial charge < -0.3 is 19.5 Å². The van der Waals surface area contributed by atoms with E-state index in [1.54, 1.807) is 4.90 Å². The zero-order valence-electron chi connectivity index (χ0n) is 18.0. The van der Waals surface area contributed by atoms with Gasteiger partial charge in [0.2, 0.25) is 18.6 Å². The summed E-state index contributed by atoms with van der Waals surface area (Å²) < 4.78 is 16.3. The molecular formula is C23H25N3O5S. The lowest BCUT2D eigenvalue weighted by atomic mass is 10.1. The number of nitrogens with one attached hydrogen (secondary N) is 1. The number of amidine groups is 1. The van der Waals surface area contributed by atoms with Crippen LogP contribution in [0.3, 0.4) is 0 Å². The summed E-state index contributed by atoms with van der Waals surface area (Å²) >= 11 is 1.30. The molecule has 4 rings (SSSR count). The number of thioether (sulfide) groups is 1. The highest BCUT2D eigenvalue weighted by Gasteiger charge is 2.36. The standard InChI is InChI=1S/C23H25N3O5S/c1-3-24-22(28)20-12-21(27)26(13-15-5-10-18-19(11-15)31-14-30-18)23(32-20)25-16-6-8-17(9-7-16)29-4-2/h5-11,20H,3-4,12-14H2,1-2H3,(H,24,28)/t20-/m0/s1. The summed E-state index contributed by atoms with van der Waals surface area (Å²) in [6.07, 6.45) is 0.114. The average molecular weight is 456 g/mol. The van der Waals surface area contributed by atoms with Crippen molar-refractivity contribution in [3.8, 4) is 17.2 Å². The number of amides is 2. The van der Waals surface area contributed by atoms with Crippen molar-refractivity contribution in [3.05, 3.63) is 48.0 Å². The second-order valence-corrected chi connectivity index (χ2v) is 8.36. The number of carbonyl (C=O) groups is 2. The predicted octanol–water partition coefficient (Wildman–Crippen LogP) is 3.47. The molecule has 2 aliphatic heterocycles. The van der Waals surface area contributed by atoms with Gasteiger partial charge in [-0.3, -0.25) is 14.5 Å². The van der Waals surface area contributed by atoms with Crippen LogP contribution in [0.2, 0.25) is 0 Å². The van der Waals surface area contributed by atoms with Gasteiger partial charge in [0.15, 0.2) is 16.7 Å². The third-order valence-corrected chi connectivity index (χ3v) is 6.12. The molecule has 2 aromatic carbocycles. The lowest BCUT2D eigenvalue weighted by Gasteiger charge is -2.31. The molecule has 2 heterocycles. The van der Waals surface area contributed by atoms with Gasteiger partial charge in [-0.25, -0.2) is 4.99 Å². The third-order valence-electron chi connectivity index (χ3n) is 4.93. The lowest BCUT2D eigenvalue weighted by molar-refractivity contribution is -0.130. The second-order valence-electron chi connectivity index (χ2n) is 7.19. The van der Waals surface area contributed by atoms with Crippen molar-refractivity contribution >= 4 is 34.4 Å². The van der Waals surface area contributed by atoms with Crippen LogP contribution in [0.1, 0.15) is 25.8 Å². The molecular weight excluding hydrogens is 430 g/mol. The summed E-state index contributed by atoms with van der Waals surface area (Å²) in [7, 11) is 0. The molecule has 0 spiro atoms. The number of hydrogen-bond donors (Lipinski definition) is 1. The minimum atomic E-state index is -0.517. The largest absolute Gasteiger partial charge is 0.494 e. The minimum Gasteiger partial charge on any atom is -0.494 e. The van der Waals surface area contributed by atoms with E-state index < -0.39 is 5.25 Å². The maximum Gasteiger partial charge on any atom is 0.234 e. The number of carbonyl (C=O) groups excluding carboxylic acids is 2. The maximum absolute atomic E-state index is 13.1. The molecule has 0 radical (unpaired) electrons. The van der Waals surface area contributed by atoms with Crippen LogP contribution in [0, 0.1) is 0 Å². The molecule has 0 unspecified atom stereocenters. The Balaban J connectivity index is 1.61. The Bertz CT molecular complexity index is 1020. The number of hydrogen-bond acceptors (Lipinski definition) is 7. The van der Waals surface area contributed by atoms with Crippen molar-refractivity contribution in [2.75, 3.05) is 19.9 Å². The minimum absolute atomic E-state index is 0.114. The normalized spacial score (nSPS) is 18.7. The molecule has 32 heavy (non-hydrogen) atoms. The van der Waals surface area contributed by atoms with E-state index in [1.807, 2.05) is 56.3 Å². The third kappa shape index (κ3) is 4.99. The van der Waals surface area contributed by atoms with Crippen molar-refractivity contribution in [1.29, 1.82) is 0 Å². The van der Waals surface area contributed by atoms with Gasteiger partial charge in [0.1, 0.15) is 5.75 Å². The summed E-state index contributed by atoms with van der Waals surface area (Å²) in [4.78, 5) is 31.8. The molecule has 0 bridgehead atoms. The molecule has 0 saturated carbocycles. The number of fused-ring (bicyclic) bond motifs is 1. The fourth-order valence-corrected chi connectivity index (χ4v) is 4.52. The molecule has 1 N–H and O–H groups in total. The molecule has 168 valence electrons. The molecule has 1 saturated heterocycles. The van der Waals surface area contributed by atoms with Crippen molar-refractivity contribution in [2.45, 2.75) is 32.1 Å². The van der Waals surface area contributed by atoms with E-state index in [2.05, 4.69) is 5.32 Å². The highest BCUT2D eigenvalue weighted by atomic mass is 32.2. The van der Waals surface area contributed by atoms with Crippen molar-refractivity contribution in [2.24, 2.45) is 4.99 Å². The highest BCUT2D eigenvalue weighted by molar-refractivity contribution is 8.15. The fraction of sp³-hybridized carbons (Fsp3) is 0.348. The van der Waals surface area contributed by atoms with E-state index >= 15 is 0 Å². The average Bonchev–Trinajstić information content (AvgIpc) is 3.25. The number of ether oxygens (including phenoxy) is 3. The van der Waals surface area contributed by atoms with Crippen LogP contribution >= 0.6 is 11.8 Å². The topological polar surface area (TPSA) is 89.5 Å². The van der Waals surface area contributed by atoms with Gasteiger partial charge in [-0.05, 0) is 55.8 Å². The quantitative estimate of drug-likeness (QED) is 0.688. The number of benzene rings is 2. The van der Waals surface area contributed by atoms with Crippen LogP contribution < -0.4 is 19.5 Å². The van der Waals surface area contributed by atoms with Crippen LogP contribution in [-0.2, 0) is 16.1 Å². The Morgan fingerprint density at radius 1 is 1.19 bits per heavy atom. The van der Waals surface area contributed by atoms with E-state index in [1.165, 1.54) is 11.8 Å². The maximum atomic E-state index is 13.1. The SMILES string of the molecule is CCNC(=O)[C@@H]1CC(=O)N(Cc2ccc3c(c2)OCO3)C(=Nc2ccc(OCC)cc2)S1. The second kappa shape index (κ2) is 9.95. The first-order chi connectivity index (χ1) is 15.6. The number of aliphatic imine (C=N–C) groups is 1. The highest BCUT2D eigenvalue weighted by Crippen LogP contribution is 2.35. The van der Waals surface area contributed by atoms with Gasteiger partial charge in [0.25, 0.3) is 0 Å². The molecule has 2 amide bonds. The van der Waals surface area contributed by atoms with Crippen LogP contribution in [0.4, 0.5) is 5.69 Å². The summed E-state index contributed by atoms with van der Waals surface area (Å²) in [6.45, 7) is 5.38. The van der Waals surface area contributed by atoms with Gasteiger partial charge in [0, 0.05) is 13.0 Å². The predicted molar refractivity (Wildman–Crippen MR) is 123 cm³/mol. The monoisotopic (exact) mass is 455 g/mol. The van der Waals surface area contributed by atoms with E-state index in [-0.39, 0.29) is 25.0 Å². The van der Waals surface area contributed by atoms with Gasteiger partial charge in [-0.1, -0.05) is 17.8 Å². The van der Waals surface area contributed by atoms with E-state index in [4.69, 9.17) is 19.2 Å². The molecule has 0 aliphatic carbocycles. The Kier molecular flexibility index (Phi) is 6.84. The van der Waals surface area contributed by atoms with Crippen LogP contribution in [0.5, 0.6) is 17.2 Å². The molecule has 9 heteroatoms. The number of nitrogens with zero attached hydrogens (tertiary/aromatic N) is 2. The first-order valence-corrected chi connectivity index (χ1v) is 11.4. The fourth-order valence-electron chi connectivity index (χ4n) is 3.40. The van der Waals surface area contributed by atoms with Gasteiger partial charge >= 0.3 is 0 Å². The lowest BCUT2D eigenvalue weighted by Crippen LogP contribution is -2.46. The van der Waals surface area contributed by atoms with Crippen LogP contribution in [-0.4, -0.2) is 47.1 Å². The van der Waals surface area contributed by atoms with Crippen LogP contribution in [0.15, 0.2) is 47.5 Å². The van der Waals surface area contributed by atoms with E-state index in [9.17, 15) is 9.59 Å². The Labute approximate surface area is 190 Å². The van der Waals surface area contributed by atoms with E-state index in [0.29, 0.717) is 42.1 Å². The summed E-state index contributed by atoms with van der Waals surface area (Å²) in [5, 5.41) is 2.77. The number of rotatable bonds is 7. The zero-order chi connectivity index (χ0) is 22.5.